The number of amides is 1. The number of piperazine rings is 1. The fraction of sp³-hybridized carbons (Fsp3) is 0.522. The number of hydrogen-bond acceptors (Lipinski definition) is 5. The van der Waals surface area contributed by atoms with Gasteiger partial charge in [-0.3, -0.25) is 9.69 Å². The molecule has 6 heteroatoms. The van der Waals surface area contributed by atoms with Crippen LogP contribution in [0.3, 0.4) is 0 Å². The first kappa shape index (κ1) is 19.8. The van der Waals surface area contributed by atoms with Crippen LogP contribution in [0.25, 0.3) is 0 Å². The van der Waals surface area contributed by atoms with Gasteiger partial charge in [-0.15, -0.1) is 0 Å². The van der Waals surface area contributed by atoms with Gasteiger partial charge in [-0.05, 0) is 43.7 Å². The normalized spacial score (nSPS) is 19.9. The molecule has 1 aromatic heterocycles. The third-order valence-electron chi connectivity index (χ3n) is 6.35. The Morgan fingerprint density at radius 2 is 1.62 bits per heavy atom. The molecule has 0 saturated carbocycles. The summed E-state index contributed by atoms with van der Waals surface area (Å²) in [5, 5.41) is 0. The third-order valence-corrected chi connectivity index (χ3v) is 6.35. The van der Waals surface area contributed by atoms with Crippen molar-refractivity contribution in [2.24, 2.45) is 5.92 Å². The van der Waals surface area contributed by atoms with E-state index >= 15 is 0 Å². The highest BCUT2D eigenvalue weighted by atomic mass is 16.2. The van der Waals surface area contributed by atoms with E-state index in [0.717, 1.165) is 64.5 Å². The highest BCUT2D eigenvalue weighted by molar-refractivity contribution is 5.81. The second-order valence-electron chi connectivity index (χ2n) is 8.21. The maximum atomic E-state index is 13.1. The van der Waals surface area contributed by atoms with E-state index in [-0.39, 0.29) is 11.9 Å². The van der Waals surface area contributed by atoms with E-state index in [9.17, 15) is 4.79 Å². The molecule has 154 valence electrons. The molecule has 0 N–H and O–H groups in total. The minimum Gasteiger partial charge on any atom is -0.341 e. The molecule has 3 heterocycles. The number of rotatable bonds is 5. The van der Waals surface area contributed by atoms with Crippen LogP contribution in [0.2, 0.25) is 0 Å². The number of likely N-dealkylation sites (tertiary alicyclic amines) is 1. The third kappa shape index (κ3) is 4.93. The van der Waals surface area contributed by atoms with Crippen LogP contribution in [0, 0.1) is 5.92 Å². The fourth-order valence-electron chi connectivity index (χ4n) is 4.49. The Morgan fingerprint density at radius 3 is 2.28 bits per heavy atom. The lowest BCUT2D eigenvalue weighted by Gasteiger charge is -2.40. The quantitative estimate of drug-likeness (QED) is 0.781. The van der Waals surface area contributed by atoms with Crippen molar-refractivity contribution in [2.45, 2.75) is 32.2 Å². The maximum Gasteiger partial charge on any atom is 0.239 e. The van der Waals surface area contributed by atoms with Gasteiger partial charge in [0.25, 0.3) is 0 Å². The molecule has 0 aliphatic carbocycles. The van der Waals surface area contributed by atoms with Gasteiger partial charge in [-0.2, -0.15) is 0 Å². The van der Waals surface area contributed by atoms with E-state index in [4.69, 9.17) is 0 Å². The van der Waals surface area contributed by atoms with Crippen molar-refractivity contribution in [3.05, 3.63) is 54.4 Å². The van der Waals surface area contributed by atoms with Crippen molar-refractivity contribution in [3.8, 4) is 0 Å². The summed E-state index contributed by atoms with van der Waals surface area (Å²) in [5.74, 6) is 1.75. The summed E-state index contributed by atoms with van der Waals surface area (Å²) in [7, 11) is 0. The smallest absolute Gasteiger partial charge is 0.239 e. The Bertz CT molecular complexity index is 768. The number of nitrogens with zero attached hydrogens (tertiary/aromatic N) is 5. The molecule has 1 aromatic carbocycles. The molecule has 1 atom stereocenters. The summed E-state index contributed by atoms with van der Waals surface area (Å²) in [5.41, 5.74) is 1.41. The van der Waals surface area contributed by atoms with Crippen molar-refractivity contribution in [1.29, 1.82) is 0 Å². The topological polar surface area (TPSA) is 52.6 Å². The molecule has 0 radical (unpaired) electrons. The van der Waals surface area contributed by atoms with Gasteiger partial charge < -0.3 is 9.80 Å². The highest BCUT2D eigenvalue weighted by Gasteiger charge is 2.31. The number of hydrogen-bond donors (Lipinski definition) is 0. The number of aromatic nitrogens is 2. The molecule has 4 rings (SSSR count). The second-order valence-corrected chi connectivity index (χ2v) is 8.21. The summed E-state index contributed by atoms with van der Waals surface area (Å²) in [4.78, 5) is 28.3. The van der Waals surface area contributed by atoms with Crippen molar-refractivity contribution < 1.29 is 4.79 Å². The minimum absolute atomic E-state index is 0.0560. The van der Waals surface area contributed by atoms with Gasteiger partial charge in [0, 0.05) is 51.7 Å². The average Bonchev–Trinajstić information content (AvgIpc) is 2.80. The first-order valence-electron chi connectivity index (χ1n) is 10.8. The molecule has 0 unspecified atom stereocenters. The molecule has 29 heavy (non-hydrogen) atoms. The van der Waals surface area contributed by atoms with Crippen molar-refractivity contribution in [1.82, 2.24) is 19.8 Å². The summed E-state index contributed by atoms with van der Waals surface area (Å²) >= 11 is 0. The average molecular weight is 394 g/mol. The number of piperidine rings is 1. The van der Waals surface area contributed by atoms with E-state index in [1.165, 1.54) is 5.56 Å². The van der Waals surface area contributed by atoms with Gasteiger partial charge in [-0.1, -0.05) is 30.3 Å². The van der Waals surface area contributed by atoms with Gasteiger partial charge in [0.2, 0.25) is 11.9 Å². The van der Waals surface area contributed by atoms with Crippen LogP contribution in [-0.4, -0.2) is 71.0 Å². The molecule has 2 fully saturated rings. The molecule has 0 spiro atoms. The molecular formula is C23H31N5O. The van der Waals surface area contributed by atoms with E-state index in [0.29, 0.717) is 5.92 Å². The summed E-state index contributed by atoms with van der Waals surface area (Å²) in [6.45, 7) is 7.30. The first-order chi connectivity index (χ1) is 14.2. The Kier molecular flexibility index (Phi) is 6.39. The number of carbonyl (C=O) groups excluding carboxylic acids is 1. The molecule has 2 aromatic rings. The summed E-state index contributed by atoms with van der Waals surface area (Å²) in [6.07, 6.45) is 6.89. The Morgan fingerprint density at radius 1 is 0.966 bits per heavy atom. The lowest BCUT2D eigenvalue weighted by atomic mass is 9.90. The molecule has 2 saturated heterocycles. The van der Waals surface area contributed by atoms with Gasteiger partial charge in [0.15, 0.2) is 0 Å². The summed E-state index contributed by atoms with van der Waals surface area (Å²) in [6, 6.07) is 12.5. The van der Waals surface area contributed by atoms with E-state index < -0.39 is 0 Å². The van der Waals surface area contributed by atoms with Crippen LogP contribution in [0.4, 0.5) is 5.95 Å². The van der Waals surface area contributed by atoms with Crippen molar-refractivity contribution >= 4 is 11.9 Å². The minimum atomic E-state index is -0.0560. The van der Waals surface area contributed by atoms with Crippen LogP contribution < -0.4 is 4.90 Å². The Balaban J connectivity index is 1.24. The van der Waals surface area contributed by atoms with Crippen LogP contribution in [-0.2, 0) is 11.2 Å². The van der Waals surface area contributed by atoms with Crippen molar-refractivity contribution in [2.75, 3.05) is 44.2 Å². The summed E-state index contributed by atoms with van der Waals surface area (Å²) < 4.78 is 0. The lowest BCUT2D eigenvalue weighted by Crippen LogP contribution is -2.55. The SMILES string of the molecule is C[C@H](C(=O)N1CCC(Cc2ccccc2)CC1)N1CCN(c2ncccn2)CC1. The predicted molar refractivity (Wildman–Crippen MR) is 115 cm³/mol. The van der Waals surface area contributed by atoms with E-state index in [2.05, 4.69) is 61.9 Å². The monoisotopic (exact) mass is 393 g/mol. The maximum absolute atomic E-state index is 13.1. The van der Waals surface area contributed by atoms with Crippen LogP contribution in [0.1, 0.15) is 25.3 Å². The van der Waals surface area contributed by atoms with E-state index in [1.807, 2.05) is 6.07 Å². The first-order valence-corrected chi connectivity index (χ1v) is 10.8. The highest BCUT2D eigenvalue weighted by Crippen LogP contribution is 2.23. The number of benzene rings is 1. The predicted octanol–water partition coefficient (Wildman–Crippen LogP) is 2.47. The van der Waals surface area contributed by atoms with Crippen LogP contribution in [0.15, 0.2) is 48.8 Å². The van der Waals surface area contributed by atoms with Crippen LogP contribution in [0.5, 0.6) is 0 Å². The van der Waals surface area contributed by atoms with Gasteiger partial charge in [0.1, 0.15) is 0 Å². The van der Waals surface area contributed by atoms with Crippen molar-refractivity contribution in [3.63, 3.8) is 0 Å². The van der Waals surface area contributed by atoms with E-state index in [1.54, 1.807) is 12.4 Å². The van der Waals surface area contributed by atoms with Crippen LogP contribution >= 0.6 is 0 Å². The molecule has 6 nitrogen and oxygen atoms in total. The van der Waals surface area contributed by atoms with Gasteiger partial charge in [-0.25, -0.2) is 9.97 Å². The lowest BCUT2D eigenvalue weighted by molar-refractivity contribution is -0.138. The Labute approximate surface area is 173 Å². The number of carbonyl (C=O) groups is 1. The Hall–Kier alpha value is -2.47. The standard InChI is InChI=1S/C23H31N5O/c1-19(26-14-16-28(17-15-26)23-24-10-5-11-25-23)22(29)27-12-8-21(9-13-27)18-20-6-3-2-4-7-20/h2-7,10-11,19,21H,8-9,12-18H2,1H3/t19-/m1/s1. The molecular weight excluding hydrogens is 362 g/mol. The molecule has 0 bridgehead atoms. The van der Waals surface area contributed by atoms with Gasteiger partial charge >= 0.3 is 0 Å². The molecule has 2 aliphatic rings. The molecule has 2 aliphatic heterocycles. The van der Waals surface area contributed by atoms with Gasteiger partial charge in [0.05, 0.1) is 6.04 Å². The molecule has 1 amide bonds. The zero-order valence-corrected chi connectivity index (χ0v) is 17.3. The number of anilines is 1. The fourth-order valence-corrected chi connectivity index (χ4v) is 4.49. The zero-order chi connectivity index (χ0) is 20.1. The second kappa shape index (κ2) is 9.35. The zero-order valence-electron chi connectivity index (χ0n) is 17.3. The largest absolute Gasteiger partial charge is 0.341 e.